The van der Waals surface area contributed by atoms with Crippen molar-refractivity contribution in [2.75, 3.05) is 36.7 Å². The Morgan fingerprint density at radius 1 is 1.14 bits per heavy atom. The van der Waals surface area contributed by atoms with Crippen molar-refractivity contribution in [3.8, 4) is 0 Å². The lowest BCUT2D eigenvalue weighted by Crippen LogP contribution is -2.36. The van der Waals surface area contributed by atoms with E-state index in [1.165, 1.54) is 24.7 Å². The number of hydrogen-bond donors (Lipinski definition) is 0. The van der Waals surface area contributed by atoms with E-state index in [9.17, 15) is 21.6 Å². The number of sulfone groups is 1. The number of halogens is 4. The van der Waals surface area contributed by atoms with Crippen molar-refractivity contribution in [3.63, 3.8) is 0 Å². The number of benzene rings is 1. The summed E-state index contributed by atoms with van der Waals surface area (Å²) in [5, 5.41) is 0. The zero-order valence-electron chi connectivity index (χ0n) is 19.5. The average Bonchev–Trinajstić information content (AvgIpc) is 3.27. The van der Waals surface area contributed by atoms with Crippen LogP contribution in [-0.2, 0) is 27.2 Å². The van der Waals surface area contributed by atoms with Crippen LogP contribution in [0.2, 0.25) is 0 Å². The summed E-state index contributed by atoms with van der Waals surface area (Å²) in [5.74, 6) is -0.417. The fourth-order valence-corrected chi connectivity index (χ4v) is 6.79. The highest BCUT2D eigenvalue weighted by Gasteiger charge is 2.37. The molecule has 0 aliphatic carbocycles. The van der Waals surface area contributed by atoms with Crippen LogP contribution in [0.4, 0.5) is 23.4 Å². The Morgan fingerprint density at radius 2 is 1.83 bits per heavy atom. The Labute approximate surface area is 202 Å². The lowest BCUT2D eigenvalue weighted by atomic mass is 9.78. The molecule has 4 rings (SSSR count). The molecule has 0 radical (unpaired) electrons. The zero-order valence-corrected chi connectivity index (χ0v) is 20.3. The maximum atomic E-state index is 15.6. The van der Waals surface area contributed by atoms with Gasteiger partial charge in [-0.15, -0.1) is 0 Å². The molecule has 0 amide bonds. The van der Waals surface area contributed by atoms with Gasteiger partial charge in [-0.1, -0.05) is 12.1 Å². The minimum atomic E-state index is -4.42. The van der Waals surface area contributed by atoms with Crippen molar-refractivity contribution in [1.82, 2.24) is 9.97 Å². The number of aryl methyl sites for hydroxylation is 1. The third kappa shape index (κ3) is 6.11. The van der Waals surface area contributed by atoms with Crippen molar-refractivity contribution in [3.05, 3.63) is 53.2 Å². The normalized spacial score (nSPS) is 20.8. The largest absolute Gasteiger partial charge is 0.416 e. The Bertz CT molecular complexity index is 1130. The first kappa shape index (κ1) is 25.8. The molecule has 2 fully saturated rings. The number of alkyl halides is 3. The van der Waals surface area contributed by atoms with Crippen molar-refractivity contribution < 1.29 is 30.7 Å². The lowest BCUT2D eigenvalue weighted by molar-refractivity contribution is -0.137. The van der Waals surface area contributed by atoms with E-state index in [-0.39, 0.29) is 29.7 Å². The van der Waals surface area contributed by atoms with E-state index < -0.39 is 32.8 Å². The Balaban J connectivity index is 1.54. The third-order valence-electron chi connectivity index (χ3n) is 7.00. The van der Waals surface area contributed by atoms with Crippen LogP contribution in [0.25, 0.3) is 0 Å². The second-order valence-corrected chi connectivity index (χ2v) is 11.8. The van der Waals surface area contributed by atoms with Gasteiger partial charge < -0.3 is 9.64 Å². The van der Waals surface area contributed by atoms with E-state index in [0.29, 0.717) is 51.0 Å². The zero-order chi connectivity index (χ0) is 25.3. The van der Waals surface area contributed by atoms with Gasteiger partial charge >= 0.3 is 6.18 Å². The van der Waals surface area contributed by atoms with Gasteiger partial charge in [0, 0.05) is 26.0 Å². The standard InChI is InChI=1S/C24H29F4N3O3S/c1-35(32,33)15-23(10-13-34-14-11-23)9-8-19-21(25)22(30-16-29-19)31-12-2-3-20(31)17-4-6-18(7-5-17)24(26,27)28/h4-7,16,20H,2-3,8-15H2,1H3/t20-/m1/s1. The van der Waals surface area contributed by atoms with Crippen LogP contribution in [0.5, 0.6) is 0 Å². The number of aromatic nitrogens is 2. The smallest absolute Gasteiger partial charge is 0.381 e. The van der Waals surface area contributed by atoms with Crippen LogP contribution in [0.1, 0.15) is 55.0 Å². The molecule has 2 aliphatic heterocycles. The van der Waals surface area contributed by atoms with E-state index >= 15 is 4.39 Å². The molecule has 2 aliphatic rings. The Hall–Kier alpha value is -2.27. The molecule has 3 heterocycles. The molecule has 2 aromatic rings. The molecule has 0 spiro atoms. The molecule has 0 bridgehead atoms. The molecule has 1 aromatic carbocycles. The number of hydrogen-bond acceptors (Lipinski definition) is 6. The molecule has 192 valence electrons. The predicted octanol–water partition coefficient (Wildman–Crippen LogP) is 4.75. The third-order valence-corrected chi connectivity index (χ3v) is 8.14. The van der Waals surface area contributed by atoms with Gasteiger partial charge in [0.25, 0.3) is 0 Å². The van der Waals surface area contributed by atoms with Gasteiger partial charge in [-0.3, -0.25) is 0 Å². The highest BCUT2D eigenvalue weighted by molar-refractivity contribution is 7.90. The molecule has 11 heteroatoms. The van der Waals surface area contributed by atoms with E-state index in [4.69, 9.17) is 4.74 Å². The average molecular weight is 516 g/mol. The van der Waals surface area contributed by atoms with Gasteiger partial charge in [0.15, 0.2) is 11.6 Å². The summed E-state index contributed by atoms with van der Waals surface area (Å²) in [4.78, 5) is 10.1. The number of nitrogens with zero attached hydrogens (tertiary/aromatic N) is 3. The van der Waals surface area contributed by atoms with Gasteiger partial charge in [-0.25, -0.2) is 22.8 Å². The second kappa shape index (κ2) is 10.0. The topological polar surface area (TPSA) is 72.4 Å². The van der Waals surface area contributed by atoms with Crippen LogP contribution in [0.15, 0.2) is 30.6 Å². The first-order chi connectivity index (χ1) is 16.5. The molecule has 1 atom stereocenters. The van der Waals surface area contributed by atoms with Gasteiger partial charge in [0.1, 0.15) is 16.2 Å². The number of anilines is 1. The number of ether oxygens (including phenoxy) is 1. The summed E-state index contributed by atoms with van der Waals surface area (Å²) < 4.78 is 83.9. The quantitative estimate of drug-likeness (QED) is 0.496. The first-order valence-electron chi connectivity index (χ1n) is 11.7. The minimum Gasteiger partial charge on any atom is -0.381 e. The summed E-state index contributed by atoms with van der Waals surface area (Å²) in [6.07, 6.45) is 1.40. The summed E-state index contributed by atoms with van der Waals surface area (Å²) in [6.45, 7) is 1.46. The Kier molecular flexibility index (Phi) is 7.38. The summed E-state index contributed by atoms with van der Waals surface area (Å²) >= 11 is 0. The SMILES string of the molecule is CS(=O)(=O)CC1(CCc2ncnc(N3CCC[C@@H]3c3ccc(C(F)(F)F)cc3)c2F)CCOCC1. The highest BCUT2D eigenvalue weighted by Crippen LogP contribution is 2.40. The molecular weight excluding hydrogens is 486 g/mol. The summed E-state index contributed by atoms with van der Waals surface area (Å²) in [7, 11) is -3.23. The van der Waals surface area contributed by atoms with Crippen LogP contribution in [0, 0.1) is 11.2 Å². The lowest BCUT2D eigenvalue weighted by Gasteiger charge is -2.36. The molecule has 6 nitrogen and oxygen atoms in total. The van der Waals surface area contributed by atoms with E-state index in [2.05, 4.69) is 9.97 Å². The van der Waals surface area contributed by atoms with Crippen LogP contribution in [-0.4, -0.2) is 50.2 Å². The molecule has 0 N–H and O–H groups in total. The predicted molar refractivity (Wildman–Crippen MR) is 123 cm³/mol. The van der Waals surface area contributed by atoms with Gasteiger partial charge in [0.2, 0.25) is 0 Å². The molecule has 35 heavy (non-hydrogen) atoms. The van der Waals surface area contributed by atoms with Gasteiger partial charge in [0.05, 0.1) is 23.1 Å². The van der Waals surface area contributed by atoms with Crippen molar-refractivity contribution in [2.24, 2.45) is 5.41 Å². The van der Waals surface area contributed by atoms with Crippen molar-refractivity contribution in [1.29, 1.82) is 0 Å². The van der Waals surface area contributed by atoms with Crippen LogP contribution < -0.4 is 4.90 Å². The maximum absolute atomic E-state index is 15.6. The van der Waals surface area contributed by atoms with Crippen molar-refractivity contribution in [2.45, 2.75) is 50.7 Å². The van der Waals surface area contributed by atoms with Gasteiger partial charge in [-0.2, -0.15) is 13.2 Å². The molecule has 1 aromatic heterocycles. The van der Waals surface area contributed by atoms with E-state index in [1.54, 1.807) is 4.90 Å². The Morgan fingerprint density at radius 3 is 2.46 bits per heavy atom. The fraction of sp³-hybridized carbons (Fsp3) is 0.583. The minimum absolute atomic E-state index is 0.0189. The summed E-state index contributed by atoms with van der Waals surface area (Å²) in [5.41, 5.74) is -0.325. The number of rotatable bonds is 7. The van der Waals surface area contributed by atoms with E-state index in [0.717, 1.165) is 18.6 Å². The molecule has 0 unspecified atom stereocenters. The van der Waals surface area contributed by atoms with Crippen LogP contribution in [0.3, 0.4) is 0 Å². The first-order valence-corrected chi connectivity index (χ1v) is 13.7. The van der Waals surface area contributed by atoms with Crippen LogP contribution >= 0.6 is 0 Å². The maximum Gasteiger partial charge on any atom is 0.416 e. The second-order valence-electron chi connectivity index (χ2n) is 9.61. The van der Waals surface area contributed by atoms with E-state index in [1.807, 2.05) is 0 Å². The fourth-order valence-electron chi connectivity index (χ4n) is 5.24. The highest BCUT2D eigenvalue weighted by atomic mass is 32.2. The molecular formula is C24H29F4N3O3S. The van der Waals surface area contributed by atoms with Crippen molar-refractivity contribution >= 4 is 15.7 Å². The van der Waals surface area contributed by atoms with Gasteiger partial charge in [-0.05, 0) is 61.6 Å². The molecule has 0 saturated carbocycles. The summed E-state index contributed by atoms with van der Waals surface area (Å²) in [6, 6.07) is 4.67. The molecule has 2 saturated heterocycles. The monoisotopic (exact) mass is 515 g/mol.